The Labute approximate surface area is 151 Å². The summed E-state index contributed by atoms with van der Waals surface area (Å²) >= 11 is 0. The van der Waals surface area contributed by atoms with E-state index in [0.717, 1.165) is 5.69 Å². The Morgan fingerprint density at radius 1 is 1.12 bits per heavy atom. The largest absolute Gasteiger partial charge is 0.368 e. The standard InChI is InChI=1S/C22H29N3/c1-3-24-13-10-20(11-14-24)25-15-9-18-7-8-19(16-22(18)25)17(2)21-6-4-5-12-23-21/h4-8,12,16-17,20H,3,9-11,13-15H2,1-2H3. The highest BCUT2D eigenvalue weighted by molar-refractivity contribution is 5.61. The van der Waals surface area contributed by atoms with Crippen molar-refractivity contribution in [1.29, 1.82) is 0 Å². The first-order valence-electron chi connectivity index (χ1n) is 9.79. The number of nitrogens with zero attached hydrogens (tertiary/aromatic N) is 3. The van der Waals surface area contributed by atoms with Gasteiger partial charge in [0.05, 0.1) is 0 Å². The van der Waals surface area contributed by atoms with Gasteiger partial charge in [-0.3, -0.25) is 4.98 Å². The number of piperidine rings is 1. The van der Waals surface area contributed by atoms with Crippen molar-refractivity contribution in [2.45, 2.75) is 45.1 Å². The Morgan fingerprint density at radius 3 is 2.68 bits per heavy atom. The molecule has 0 aliphatic carbocycles. The molecule has 1 unspecified atom stereocenters. The average molecular weight is 335 g/mol. The second kappa shape index (κ2) is 7.17. The van der Waals surface area contributed by atoms with Gasteiger partial charge in [0.15, 0.2) is 0 Å². The maximum absolute atomic E-state index is 4.56. The van der Waals surface area contributed by atoms with Crippen molar-refractivity contribution in [2.75, 3.05) is 31.1 Å². The highest BCUT2D eigenvalue weighted by Gasteiger charge is 2.29. The van der Waals surface area contributed by atoms with E-state index < -0.39 is 0 Å². The van der Waals surface area contributed by atoms with Gasteiger partial charge in [0.25, 0.3) is 0 Å². The molecule has 3 heterocycles. The Kier molecular flexibility index (Phi) is 4.76. The van der Waals surface area contributed by atoms with E-state index in [1.54, 1.807) is 0 Å². The van der Waals surface area contributed by atoms with Crippen LogP contribution >= 0.6 is 0 Å². The number of likely N-dealkylation sites (tertiary alicyclic amines) is 1. The Hall–Kier alpha value is -1.87. The lowest BCUT2D eigenvalue weighted by Gasteiger charge is -2.38. The fourth-order valence-corrected chi connectivity index (χ4v) is 4.42. The van der Waals surface area contributed by atoms with Gasteiger partial charge >= 0.3 is 0 Å². The molecule has 4 rings (SSSR count). The number of benzene rings is 1. The number of aromatic nitrogens is 1. The van der Waals surface area contributed by atoms with E-state index in [1.165, 1.54) is 62.3 Å². The second-order valence-electron chi connectivity index (χ2n) is 7.47. The van der Waals surface area contributed by atoms with Crippen molar-refractivity contribution >= 4 is 5.69 Å². The van der Waals surface area contributed by atoms with E-state index in [0.29, 0.717) is 12.0 Å². The van der Waals surface area contributed by atoms with E-state index in [2.05, 4.69) is 59.0 Å². The van der Waals surface area contributed by atoms with Crippen LogP contribution in [0.1, 0.15) is 49.4 Å². The van der Waals surface area contributed by atoms with Gasteiger partial charge in [0.2, 0.25) is 0 Å². The summed E-state index contributed by atoms with van der Waals surface area (Å²) in [5, 5.41) is 0. The van der Waals surface area contributed by atoms with E-state index in [9.17, 15) is 0 Å². The minimum atomic E-state index is 0.343. The van der Waals surface area contributed by atoms with Crippen molar-refractivity contribution in [3.8, 4) is 0 Å². The third-order valence-corrected chi connectivity index (χ3v) is 6.12. The van der Waals surface area contributed by atoms with Crippen LogP contribution in [-0.4, -0.2) is 42.1 Å². The molecule has 25 heavy (non-hydrogen) atoms. The number of anilines is 1. The van der Waals surface area contributed by atoms with E-state index >= 15 is 0 Å². The summed E-state index contributed by atoms with van der Waals surface area (Å²) in [6.45, 7) is 9.41. The number of hydrogen-bond donors (Lipinski definition) is 0. The molecule has 2 aromatic rings. The highest BCUT2D eigenvalue weighted by atomic mass is 15.2. The second-order valence-corrected chi connectivity index (χ2v) is 7.47. The first-order valence-corrected chi connectivity index (χ1v) is 9.79. The molecule has 2 aliphatic rings. The zero-order chi connectivity index (χ0) is 17.2. The Balaban J connectivity index is 1.55. The van der Waals surface area contributed by atoms with E-state index in [-0.39, 0.29) is 0 Å². The van der Waals surface area contributed by atoms with Gasteiger partial charge in [0.1, 0.15) is 0 Å². The molecule has 2 aliphatic heterocycles. The van der Waals surface area contributed by atoms with Crippen LogP contribution in [0.3, 0.4) is 0 Å². The molecule has 0 bridgehead atoms. The summed E-state index contributed by atoms with van der Waals surface area (Å²) in [6.07, 6.45) is 5.69. The zero-order valence-corrected chi connectivity index (χ0v) is 15.5. The Morgan fingerprint density at radius 2 is 1.96 bits per heavy atom. The van der Waals surface area contributed by atoms with Crippen LogP contribution < -0.4 is 4.90 Å². The maximum atomic E-state index is 4.56. The summed E-state index contributed by atoms with van der Waals surface area (Å²) in [7, 11) is 0. The molecule has 1 aromatic heterocycles. The lowest BCUT2D eigenvalue weighted by molar-refractivity contribution is 0.219. The molecule has 0 N–H and O–H groups in total. The van der Waals surface area contributed by atoms with Crippen molar-refractivity contribution < 1.29 is 0 Å². The molecule has 3 heteroatoms. The lowest BCUT2D eigenvalue weighted by atomic mass is 9.95. The van der Waals surface area contributed by atoms with Gasteiger partial charge in [0, 0.05) is 49.2 Å². The number of rotatable bonds is 4. The van der Waals surface area contributed by atoms with Crippen molar-refractivity contribution in [3.05, 3.63) is 59.4 Å². The number of hydrogen-bond acceptors (Lipinski definition) is 3. The lowest BCUT2D eigenvalue weighted by Crippen LogP contribution is -2.44. The molecule has 1 fully saturated rings. The van der Waals surface area contributed by atoms with Gasteiger partial charge in [-0.05, 0) is 55.1 Å². The molecular formula is C22H29N3. The molecule has 0 spiro atoms. The zero-order valence-electron chi connectivity index (χ0n) is 15.5. The highest BCUT2D eigenvalue weighted by Crippen LogP contribution is 2.36. The molecule has 0 saturated carbocycles. The van der Waals surface area contributed by atoms with Crippen LogP contribution in [0, 0.1) is 0 Å². The molecule has 0 radical (unpaired) electrons. The summed E-state index contributed by atoms with van der Waals surface area (Å²) in [5.74, 6) is 0.343. The van der Waals surface area contributed by atoms with Crippen LogP contribution in [0.25, 0.3) is 0 Å². The van der Waals surface area contributed by atoms with Crippen molar-refractivity contribution in [3.63, 3.8) is 0 Å². The van der Waals surface area contributed by atoms with E-state index in [4.69, 9.17) is 0 Å². The summed E-state index contributed by atoms with van der Waals surface area (Å²) < 4.78 is 0. The smallest absolute Gasteiger partial charge is 0.0475 e. The molecule has 132 valence electrons. The van der Waals surface area contributed by atoms with Crippen LogP contribution in [0.2, 0.25) is 0 Å². The van der Waals surface area contributed by atoms with Crippen LogP contribution in [0.4, 0.5) is 5.69 Å². The summed E-state index contributed by atoms with van der Waals surface area (Å²) in [6, 6.07) is 14.0. The molecule has 0 amide bonds. The van der Waals surface area contributed by atoms with Gasteiger partial charge in [-0.15, -0.1) is 0 Å². The fourth-order valence-electron chi connectivity index (χ4n) is 4.42. The molecule has 1 atom stereocenters. The van der Waals surface area contributed by atoms with Gasteiger partial charge in [-0.2, -0.15) is 0 Å². The third kappa shape index (κ3) is 3.30. The topological polar surface area (TPSA) is 19.4 Å². The third-order valence-electron chi connectivity index (χ3n) is 6.12. The average Bonchev–Trinajstić information content (AvgIpc) is 3.11. The number of pyridine rings is 1. The maximum Gasteiger partial charge on any atom is 0.0475 e. The van der Waals surface area contributed by atoms with Crippen molar-refractivity contribution in [2.24, 2.45) is 0 Å². The van der Waals surface area contributed by atoms with Crippen LogP contribution in [-0.2, 0) is 6.42 Å². The molecular weight excluding hydrogens is 306 g/mol. The summed E-state index contributed by atoms with van der Waals surface area (Å²) in [4.78, 5) is 9.82. The van der Waals surface area contributed by atoms with Crippen molar-refractivity contribution in [1.82, 2.24) is 9.88 Å². The minimum Gasteiger partial charge on any atom is -0.368 e. The number of fused-ring (bicyclic) bond motifs is 1. The SMILES string of the molecule is CCN1CCC(N2CCc3ccc(C(C)c4ccccn4)cc32)CC1. The molecule has 1 saturated heterocycles. The van der Waals surface area contributed by atoms with E-state index in [1.807, 2.05) is 12.3 Å². The first-order chi connectivity index (χ1) is 12.3. The monoisotopic (exact) mass is 335 g/mol. The van der Waals surface area contributed by atoms with Crippen LogP contribution in [0.5, 0.6) is 0 Å². The first kappa shape index (κ1) is 16.6. The molecule has 1 aromatic carbocycles. The Bertz CT molecular complexity index is 704. The van der Waals surface area contributed by atoms with Gasteiger partial charge < -0.3 is 9.80 Å². The van der Waals surface area contributed by atoms with Gasteiger partial charge in [-0.25, -0.2) is 0 Å². The normalized spacial score (nSPS) is 19.8. The van der Waals surface area contributed by atoms with Gasteiger partial charge in [-0.1, -0.05) is 32.0 Å². The minimum absolute atomic E-state index is 0.343. The van der Waals surface area contributed by atoms with Crippen LogP contribution in [0.15, 0.2) is 42.6 Å². The molecule has 3 nitrogen and oxygen atoms in total. The summed E-state index contributed by atoms with van der Waals surface area (Å²) in [5.41, 5.74) is 5.55. The predicted molar refractivity (Wildman–Crippen MR) is 104 cm³/mol. The fraction of sp³-hybridized carbons (Fsp3) is 0.500. The predicted octanol–water partition coefficient (Wildman–Crippen LogP) is 4.08. The quantitative estimate of drug-likeness (QED) is 0.839.